The molecule has 1 N–H and O–H groups in total. The zero-order chi connectivity index (χ0) is 19.8. The number of amides is 1. The van der Waals surface area contributed by atoms with Crippen molar-refractivity contribution in [3.05, 3.63) is 47.7 Å². The number of nitrogens with one attached hydrogen (secondary N) is 1. The van der Waals surface area contributed by atoms with Gasteiger partial charge in [0.1, 0.15) is 12.0 Å². The normalized spacial score (nSPS) is 11.4. The molecular weight excluding hydrogens is 344 g/mol. The highest BCUT2D eigenvalue weighted by atomic mass is 16.5. The summed E-state index contributed by atoms with van der Waals surface area (Å²) in [7, 11) is 5.58. The molecular formula is C20H30N4O3. The van der Waals surface area contributed by atoms with E-state index in [1.807, 2.05) is 43.3 Å². The minimum Gasteiger partial charge on any atom is -0.497 e. The molecule has 0 unspecified atom stereocenters. The van der Waals surface area contributed by atoms with E-state index in [0.717, 1.165) is 18.8 Å². The highest BCUT2D eigenvalue weighted by Gasteiger charge is 2.17. The first-order valence-electron chi connectivity index (χ1n) is 9.13. The van der Waals surface area contributed by atoms with Crippen LogP contribution in [0.15, 0.2) is 34.9 Å². The van der Waals surface area contributed by atoms with Gasteiger partial charge in [0, 0.05) is 25.7 Å². The van der Waals surface area contributed by atoms with Crippen LogP contribution in [0.2, 0.25) is 0 Å². The Labute approximate surface area is 161 Å². The number of carbonyl (C=O) groups excluding carboxylic acids is 1. The largest absolute Gasteiger partial charge is 0.497 e. The maximum absolute atomic E-state index is 12.1. The zero-order valence-corrected chi connectivity index (χ0v) is 16.9. The number of rotatable bonds is 10. The Bertz CT molecular complexity index is 710. The van der Waals surface area contributed by atoms with Gasteiger partial charge < -0.3 is 19.4 Å². The second kappa shape index (κ2) is 10.1. The number of hydrogen-bond acceptors (Lipinski definition) is 6. The third-order valence-electron chi connectivity index (χ3n) is 4.24. The smallest absolute Gasteiger partial charge is 0.273 e. The summed E-state index contributed by atoms with van der Waals surface area (Å²) in [5, 5.41) is 2.84. The number of oxazole rings is 1. The minimum atomic E-state index is -0.210. The van der Waals surface area contributed by atoms with Gasteiger partial charge in [0.15, 0.2) is 5.69 Å². The van der Waals surface area contributed by atoms with E-state index in [4.69, 9.17) is 9.15 Å². The third kappa shape index (κ3) is 6.69. The van der Waals surface area contributed by atoms with Crippen molar-refractivity contribution in [2.45, 2.75) is 33.0 Å². The molecule has 0 bridgehead atoms. The average Bonchev–Trinajstić information content (AvgIpc) is 3.10. The highest BCUT2D eigenvalue weighted by molar-refractivity contribution is 5.91. The van der Waals surface area contributed by atoms with Crippen LogP contribution in [0.5, 0.6) is 5.75 Å². The van der Waals surface area contributed by atoms with Gasteiger partial charge in [-0.05, 0) is 45.6 Å². The van der Waals surface area contributed by atoms with Crippen LogP contribution in [0.4, 0.5) is 0 Å². The molecule has 0 fully saturated rings. The first-order chi connectivity index (χ1) is 12.9. The van der Waals surface area contributed by atoms with Gasteiger partial charge in [0.2, 0.25) is 5.89 Å². The molecule has 0 saturated carbocycles. The number of benzene rings is 1. The van der Waals surface area contributed by atoms with E-state index in [-0.39, 0.29) is 5.91 Å². The summed E-state index contributed by atoms with van der Waals surface area (Å²) in [6.07, 6.45) is 1.42. The molecule has 7 nitrogen and oxygen atoms in total. The number of nitrogens with zero attached hydrogens (tertiary/aromatic N) is 3. The summed E-state index contributed by atoms with van der Waals surface area (Å²) in [5.74, 6) is 1.17. The van der Waals surface area contributed by atoms with Gasteiger partial charge in [-0.3, -0.25) is 9.69 Å². The van der Waals surface area contributed by atoms with Crippen molar-refractivity contribution in [3.63, 3.8) is 0 Å². The van der Waals surface area contributed by atoms with Gasteiger partial charge in [-0.25, -0.2) is 4.98 Å². The number of carbonyl (C=O) groups is 1. The summed E-state index contributed by atoms with van der Waals surface area (Å²) in [6.45, 7) is 6.90. The number of methoxy groups -OCH3 is 1. The second-order valence-electron chi connectivity index (χ2n) is 7.03. The summed E-state index contributed by atoms with van der Waals surface area (Å²) in [4.78, 5) is 20.7. The number of ether oxygens (including phenoxy) is 1. The fourth-order valence-electron chi connectivity index (χ4n) is 2.53. The van der Waals surface area contributed by atoms with Crippen LogP contribution < -0.4 is 10.1 Å². The molecule has 27 heavy (non-hydrogen) atoms. The standard InChI is InChI=1S/C20H30N4O3/c1-15(2)24(12-16-6-8-17(26-5)9-7-16)13-19-22-18(14-27-19)20(25)21-10-11-23(3)4/h6-9,14-15H,10-13H2,1-5H3,(H,21,25). The van der Waals surface area contributed by atoms with Crippen LogP contribution >= 0.6 is 0 Å². The third-order valence-corrected chi connectivity index (χ3v) is 4.24. The Morgan fingerprint density at radius 2 is 1.93 bits per heavy atom. The summed E-state index contributed by atoms with van der Waals surface area (Å²) in [5.41, 5.74) is 1.50. The first kappa shape index (κ1) is 20.9. The molecule has 1 aromatic heterocycles. The molecule has 0 aliphatic rings. The molecule has 0 spiro atoms. The quantitative estimate of drug-likeness (QED) is 0.689. The molecule has 1 amide bonds. The van der Waals surface area contributed by atoms with Crippen molar-refractivity contribution in [2.75, 3.05) is 34.3 Å². The monoisotopic (exact) mass is 374 g/mol. The number of hydrogen-bond donors (Lipinski definition) is 1. The fraction of sp³-hybridized carbons (Fsp3) is 0.500. The summed E-state index contributed by atoms with van der Waals surface area (Å²) in [6, 6.07) is 8.31. The average molecular weight is 374 g/mol. The van der Waals surface area contributed by atoms with Crippen LogP contribution in [0.25, 0.3) is 0 Å². The van der Waals surface area contributed by atoms with Gasteiger partial charge in [-0.15, -0.1) is 0 Å². The predicted molar refractivity (Wildman–Crippen MR) is 105 cm³/mol. The number of aromatic nitrogens is 1. The van der Waals surface area contributed by atoms with Crippen LogP contribution in [-0.4, -0.2) is 61.0 Å². The molecule has 0 aliphatic carbocycles. The molecule has 2 aromatic rings. The Balaban J connectivity index is 1.95. The molecule has 0 atom stereocenters. The molecule has 1 heterocycles. The Hall–Kier alpha value is -2.38. The molecule has 0 radical (unpaired) electrons. The first-order valence-corrected chi connectivity index (χ1v) is 9.13. The molecule has 148 valence electrons. The van der Waals surface area contributed by atoms with Crippen molar-refractivity contribution in [1.82, 2.24) is 20.1 Å². The zero-order valence-electron chi connectivity index (χ0n) is 16.9. The van der Waals surface area contributed by atoms with E-state index in [2.05, 4.69) is 29.0 Å². The lowest BCUT2D eigenvalue weighted by Gasteiger charge is -2.25. The lowest BCUT2D eigenvalue weighted by Crippen LogP contribution is -2.32. The van der Waals surface area contributed by atoms with Crippen LogP contribution in [0.3, 0.4) is 0 Å². The molecule has 1 aromatic carbocycles. The van der Waals surface area contributed by atoms with Crippen LogP contribution in [-0.2, 0) is 13.1 Å². The fourth-order valence-corrected chi connectivity index (χ4v) is 2.53. The Kier molecular flexibility index (Phi) is 7.82. The molecule has 0 aliphatic heterocycles. The summed E-state index contributed by atoms with van der Waals surface area (Å²) < 4.78 is 10.7. The molecule has 7 heteroatoms. The predicted octanol–water partition coefficient (Wildman–Crippen LogP) is 2.39. The van der Waals surface area contributed by atoms with E-state index in [1.165, 1.54) is 11.8 Å². The maximum atomic E-state index is 12.1. The van der Waals surface area contributed by atoms with Crippen LogP contribution in [0.1, 0.15) is 35.8 Å². The van der Waals surface area contributed by atoms with E-state index in [9.17, 15) is 4.79 Å². The van der Waals surface area contributed by atoms with Gasteiger partial charge in [0.25, 0.3) is 5.91 Å². The van der Waals surface area contributed by atoms with Crippen molar-refractivity contribution in [1.29, 1.82) is 0 Å². The van der Waals surface area contributed by atoms with Crippen molar-refractivity contribution in [2.24, 2.45) is 0 Å². The van der Waals surface area contributed by atoms with Crippen LogP contribution in [0, 0.1) is 0 Å². The van der Waals surface area contributed by atoms with E-state index < -0.39 is 0 Å². The van der Waals surface area contributed by atoms with E-state index >= 15 is 0 Å². The maximum Gasteiger partial charge on any atom is 0.273 e. The lowest BCUT2D eigenvalue weighted by atomic mass is 10.2. The highest BCUT2D eigenvalue weighted by Crippen LogP contribution is 2.16. The Morgan fingerprint density at radius 3 is 2.52 bits per heavy atom. The number of likely N-dealkylation sites (N-methyl/N-ethyl adjacent to an activating group) is 1. The summed E-state index contributed by atoms with van der Waals surface area (Å²) >= 11 is 0. The van der Waals surface area contributed by atoms with Crippen molar-refractivity contribution in [3.8, 4) is 5.75 Å². The van der Waals surface area contributed by atoms with E-state index in [0.29, 0.717) is 30.7 Å². The molecule has 2 rings (SSSR count). The Morgan fingerprint density at radius 1 is 1.22 bits per heavy atom. The second-order valence-corrected chi connectivity index (χ2v) is 7.03. The lowest BCUT2D eigenvalue weighted by molar-refractivity contribution is 0.0946. The minimum absolute atomic E-state index is 0.210. The van der Waals surface area contributed by atoms with Crippen molar-refractivity contribution < 1.29 is 13.9 Å². The topological polar surface area (TPSA) is 70.8 Å². The SMILES string of the molecule is COc1ccc(CN(Cc2nc(C(=O)NCCN(C)C)co2)C(C)C)cc1. The van der Waals surface area contributed by atoms with Gasteiger partial charge >= 0.3 is 0 Å². The molecule has 0 saturated heterocycles. The van der Waals surface area contributed by atoms with Crippen molar-refractivity contribution >= 4 is 5.91 Å². The van der Waals surface area contributed by atoms with E-state index in [1.54, 1.807) is 7.11 Å². The van der Waals surface area contributed by atoms with Gasteiger partial charge in [-0.2, -0.15) is 0 Å². The van der Waals surface area contributed by atoms with Gasteiger partial charge in [-0.1, -0.05) is 12.1 Å². The van der Waals surface area contributed by atoms with Gasteiger partial charge in [0.05, 0.1) is 13.7 Å².